The average Bonchev–Trinajstić information content (AvgIpc) is 2.66. The van der Waals surface area contributed by atoms with Gasteiger partial charge in [-0.25, -0.2) is 17.8 Å². The van der Waals surface area contributed by atoms with Crippen LogP contribution in [0.4, 0.5) is 21.6 Å². The summed E-state index contributed by atoms with van der Waals surface area (Å²) in [5, 5.41) is 3.11. The topological polar surface area (TPSA) is 80.3 Å². The van der Waals surface area contributed by atoms with Crippen LogP contribution >= 0.6 is 0 Å². The van der Waals surface area contributed by atoms with Crippen LogP contribution in [0.25, 0.3) is 0 Å². The van der Waals surface area contributed by atoms with Gasteiger partial charge in [0.25, 0.3) is 10.0 Å². The minimum absolute atomic E-state index is 0.0122. The molecule has 140 valence electrons. The normalized spacial score (nSPS) is 11.1. The molecular formula is C19H18FN3O3S. The summed E-state index contributed by atoms with van der Waals surface area (Å²) in [4.78, 5) is 4.18. The molecule has 0 saturated carbocycles. The number of pyridine rings is 1. The Hall–Kier alpha value is -3.13. The molecule has 0 amide bonds. The number of aromatic nitrogens is 1. The molecule has 0 saturated heterocycles. The SMILES string of the molecule is COc1ccc(Nc2ccc(NS(=O)(=O)c3ccc(F)c(C)c3)cn2)cc1. The molecular weight excluding hydrogens is 369 g/mol. The highest BCUT2D eigenvalue weighted by Gasteiger charge is 2.15. The molecule has 0 aliphatic rings. The molecule has 0 unspecified atom stereocenters. The van der Waals surface area contributed by atoms with Crippen molar-refractivity contribution in [3.63, 3.8) is 0 Å². The number of nitrogens with zero attached hydrogens (tertiary/aromatic N) is 1. The van der Waals surface area contributed by atoms with Crippen LogP contribution in [0.2, 0.25) is 0 Å². The number of ether oxygens (including phenoxy) is 1. The number of benzene rings is 2. The molecule has 0 aliphatic heterocycles. The summed E-state index contributed by atoms with van der Waals surface area (Å²) in [6.07, 6.45) is 1.40. The molecule has 1 aromatic heterocycles. The van der Waals surface area contributed by atoms with E-state index < -0.39 is 15.8 Å². The quantitative estimate of drug-likeness (QED) is 0.666. The lowest BCUT2D eigenvalue weighted by Gasteiger charge is -2.10. The van der Waals surface area contributed by atoms with E-state index in [0.717, 1.165) is 17.5 Å². The molecule has 1 heterocycles. The van der Waals surface area contributed by atoms with Crippen molar-refractivity contribution in [1.82, 2.24) is 4.98 Å². The molecule has 3 aromatic rings. The Kier molecular flexibility index (Phi) is 5.27. The second kappa shape index (κ2) is 7.63. The fraction of sp³-hybridized carbons (Fsp3) is 0.105. The standard InChI is InChI=1S/C19H18FN3O3S/c1-13-11-17(8-9-18(13)20)27(24,25)23-15-5-10-19(21-12-15)22-14-3-6-16(26-2)7-4-14/h3-12,23H,1-2H3,(H,21,22). The van der Waals surface area contributed by atoms with E-state index in [0.29, 0.717) is 11.5 Å². The van der Waals surface area contributed by atoms with Crippen molar-refractivity contribution in [2.75, 3.05) is 17.1 Å². The van der Waals surface area contributed by atoms with Crippen molar-refractivity contribution in [3.8, 4) is 5.75 Å². The lowest BCUT2D eigenvalue weighted by molar-refractivity contribution is 0.415. The third-order valence-corrected chi connectivity index (χ3v) is 5.20. The van der Waals surface area contributed by atoms with Gasteiger partial charge in [0.05, 0.1) is 23.9 Å². The van der Waals surface area contributed by atoms with Gasteiger partial charge in [0.1, 0.15) is 17.4 Å². The first-order valence-corrected chi connectivity index (χ1v) is 9.52. The summed E-state index contributed by atoms with van der Waals surface area (Å²) in [5.41, 5.74) is 1.38. The second-order valence-electron chi connectivity index (χ2n) is 5.80. The summed E-state index contributed by atoms with van der Waals surface area (Å²) in [7, 11) is -2.23. The van der Waals surface area contributed by atoms with Gasteiger partial charge in [-0.05, 0) is 67.1 Å². The predicted molar refractivity (Wildman–Crippen MR) is 102 cm³/mol. The molecule has 0 spiro atoms. The number of hydrogen-bond donors (Lipinski definition) is 2. The fourth-order valence-electron chi connectivity index (χ4n) is 2.35. The highest BCUT2D eigenvalue weighted by molar-refractivity contribution is 7.92. The Morgan fingerprint density at radius 1 is 1.00 bits per heavy atom. The molecule has 0 aliphatic carbocycles. The summed E-state index contributed by atoms with van der Waals surface area (Å²) in [5.74, 6) is 0.847. The summed E-state index contributed by atoms with van der Waals surface area (Å²) < 4.78 is 45.7. The molecule has 6 nitrogen and oxygen atoms in total. The number of anilines is 3. The van der Waals surface area contributed by atoms with Crippen molar-refractivity contribution in [2.45, 2.75) is 11.8 Å². The van der Waals surface area contributed by atoms with Crippen molar-refractivity contribution in [2.24, 2.45) is 0 Å². The highest BCUT2D eigenvalue weighted by Crippen LogP contribution is 2.21. The number of hydrogen-bond acceptors (Lipinski definition) is 5. The molecule has 2 N–H and O–H groups in total. The highest BCUT2D eigenvalue weighted by atomic mass is 32.2. The van der Waals surface area contributed by atoms with Gasteiger partial charge in [-0.1, -0.05) is 0 Å². The number of rotatable bonds is 6. The van der Waals surface area contributed by atoms with Gasteiger partial charge in [0.15, 0.2) is 0 Å². The van der Waals surface area contributed by atoms with E-state index in [1.54, 1.807) is 19.2 Å². The maximum Gasteiger partial charge on any atom is 0.261 e. The van der Waals surface area contributed by atoms with Crippen LogP contribution in [0.5, 0.6) is 5.75 Å². The van der Waals surface area contributed by atoms with Crippen LogP contribution in [0.15, 0.2) is 65.7 Å². The molecule has 0 radical (unpaired) electrons. The minimum Gasteiger partial charge on any atom is -0.497 e. The Bertz CT molecular complexity index is 1040. The number of aryl methyl sites for hydroxylation is 1. The first-order valence-electron chi connectivity index (χ1n) is 8.03. The van der Waals surface area contributed by atoms with E-state index in [9.17, 15) is 12.8 Å². The van der Waals surface area contributed by atoms with E-state index in [-0.39, 0.29) is 10.5 Å². The van der Waals surface area contributed by atoms with Crippen molar-refractivity contribution in [1.29, 1.82) is 0 Å². The maximum absolute atomic E-state index is 13.3. The van der Waals surface area contributed by atoms with Crippen LogP contribution in [-0.4, -0.2) is 20.5 Å². The van der Waals surface area contributed by atoms with Gasteiger partial charge in [-0.15, -0.1) is 0 Å². The van der Waals surface area contributed by atoms with Crippen LogP contribution in [0.1, 0.15) is 5.56 Å². The van der Waals surface area contributed by atoms with Crippen LogP contribution in [-0.2, 0) is 10.0 Å². The number of sulfonamides is 1. The zero-order valence-electron chi connectivity index (χ0n) is 14.7. The average molecular weight is 387 g/mol. The Labute approximate surface area is 157 Å². The van der Waals surface area contributed by atoms with Gasteiger partial charge < -0.3 is 10.1 Å². The molecule has 0 atom stereocenters. The van der Waals surface area contributed by atoms with Gasteiger partial charge in [-0.3, -0.25) is 4.72 Å². The smallest absolute Gasteiger partial charge is 0.261 e. The summed E-state index contributed by atoms with van der Waals surface area (Å²) >= 11 is 0. The second-order valence-corrected chi connectivity index (χ2v) is 7.48. The van der Waals surface area contributed by atoms with Crippen molar-refractivity contribution in [3.05, 3.63) is 72.2 Å². The zero-order chi connectivity index (χ0) is 19.4. The van der Waals surface area contributed by atoms with E-state index in [2.05, 4.69) is 15.0 Å². The van der Waals surface area contributed by atoms with Gasteiger partial charge in [-0.2, -0.15) is 0 Å². The van der Waals surface area contributed by atoms with E-state index in [1.165, 1.54) is 25.3 Å². The Morgan fingerprint density at radius 3 is 2.30 bits per heavy atom. The molecule has 2 aromatic carbocycles. The summed E-state index contributed by atoms with van der Waals surface area (Å²) in [6.45, 7) is 1.51. The Balaban J connectivity index is 1.71. The first-order chi connectivity index (χ1) is 12.9. The number of halogens is 1. The largest absolute Gasteiger partial charge is 0.497 e. The zero-order valence-corrected chi connectivity index (χ0v) is 15.5. The lowest BCUT2D eigenvalue weighted by Crippen LogP contribution is -2.13. The van der Waals surface area contributed by atoms with E-state index >= 15 is 0 Å². The molecule has 0 fully saturated rings. The lowest BCUT2D eigenvalue weighted by atomic mass is 10.2. The molecule has 3 rings (SSSR count). The number of methoxy groups -OCH3 is 1. The van der Waals surface area contributed by atoms with Crippen LogP contribution in [0.3, 0.4) is 0 Å². The predicted octanol–water partition coefficient (Wildman–Crippen LogP) is 4.08. The fourth-order valence-corrected chi connectivity index (χ4v) is 3.48. The van der Waals surface area contributed by atoms with E-state index in [4.69, 9.17) is 4.74 Å². The molecule has 27 heavy (non-hydrogen) atoms. The summed E-state index contributed by atoms with van der Waals surface area (Å²) in [6, 6.07) is 14.2. The molecule has 0 bridgehead atoms. The van der Waals surface area contributed by atoms with Gasteiger partial charge in [0.2, 0.25) is 0 Å². The van der Waals surface area contributed by atoms with Gasteiger partial charge in [0, 0.05) is 5.69 Å². The van der Waals surface area contributed by atoms with Crippen LogP contribution in [0, 0.1) is 12.7 Å². The number of nitrogens with one attached hydrogen (secondary N) is 2. The third kappa shape index (κ3) is 4.53. The third-order valence-electron chi connectivity index (χ3n) is 3.82. The maximum atomic E-state index is 13.3. The van der Waals surface area contributed by atoms with Gasteiger partial charge >= 0.3 is 0 Å². The first kappa shape index (κ1) is 18.7. The van der Waals surface area contributed by atoms with E-state index in [1.807, 2.05) is 24.3 Å². The minimum atomic E-state index is -3.82. The van der Waals surface area contributed by atoms with Crippen molar-refractivity contribution >= 4 is 27.2 Å². The Morgan fingerprint density at radius 2 is 1.70 bits per heavy atom. The monoisotopic (exact) mass is 387 g/mol. The van der Waals surface area contributed by atoms with Crippen molar-refractivity contribution < 1.29 is 17.5 Å². The molecule has 8 heteroatoms. The van der Waals surface area contributed by atoms with Crippen LogP contribution < -0.4 is 14.8 Å².